The molecule has 0 aliphatic carbocycles. The fourth-order valence-corrected chi connectivity index (χ4v) is 1.85. The molecule has 2 amide bonds. The van der Waals surface area contributed by atoms with E-state index in [-0.39, 0.29) is 12.0 Å². The van der Waals surface area contributed by atoms with Crippen molar-refractivity contribution >= 4 is 12.0 Å². The van der Waals surface area contributed by atoms with Crippen LogP contribution in [0.5, 0.6) is 0 Å². The molecule has 7 nitrogen and oxygen atoms in total. The van der Waals surface area contributed by atoms with Crippen molar-refractivity contribution in [3.8, 4) is 0 Å². The molecular formula is C17H34N2O5. The molecule has 1 atom stereocenters. The summed E-state index contributed by atoms with van der Waals surface area (Å²) in [5, 5.41) is 2.78. The van der Waals surface area contributed by atoms with Crippen LogP contribution in [0.1, 0.15) is 48.0 Å². The molecule has 0 aromatic carbocycles. The highest BCUT2D eigenvalue weighted by Crippen LogP contribution is 2.10. The number of hydrogen-bond donors (Lipinski definition) is 1. The first-order chi connectivity index (χ1) is 11.2. The number of nitrogens with zero attached hydrogens (tertiary/aromatic N) is 1. The molecule has 0 fully saturated rings. The largest absolute Gasteiger partial charge is 0.444 e. The molecule has 0 spiro atoms. The van der Waals surface area contributed by atoms with Gasteiger partial charge in [0.2, 0.25) is 5.91 Å². The lowest BCUT2D eigenvalue weighted by atomic mass is 10.2. The highest BCUT2D eigenvalue weighted by Gasteiger charge is 2.21. The number of carbonyl (C=O) groups excluding carboxylic acids is 2. The fourth-order valence-electron chi connectivity index (χ4n) is 1.85. The SMILES string of the molecule is CCCN(CCNC(=O)[C@@H](C)OCCOCC)C(=O)OC(C)(C)C. The predicted octanol–water partition coefficient (Wildman–Crippen LogP) is 2.19. The summed E-state index contributed by atoms with van der Waals surface area (Å²) in [6, 6.07) is 0. The maximum Gasteiger partial charge on any atom is 0.410 e. The van der Waals surface area contributed by atoms with E-state index in [0.29, 0.717) is 39.5 Å². The van der Waals surface area contributed by atoms with E-state index in [1.807, 2.05) is 34.6 Å². The van der Waals surface area contributed by atoms with Crippen LogP contribution in [0.3, 0.4) is 0 Å². The van der Waals surface area contributed by atoms with Gasteiger partial charge in [0.25, 0.3) is 0 Å². The van der Waals surface area contributed by atoms with Crippen LogP contribution >= 0.6 is 0 Å². The van der Waals surface area contributed by atoms with Gasteiger partial charge in [-0.15, -0.1) is 0 Å². The normalized spacial score (nSPS) is 12.6. The van der Waals surface area contributed by atoms with E-state index in [2.05, 4.69) is 5.32 Å². The molecule has 0 saturated carbocycles. The van der Waals surface area contributed by atoms with Crippen molar-refractivity contribution in [1.29, 1.82) is 0 Å². The van der Waals surface area contributed by atoms with Crippen LogP contribution in [0.25, 0.3) is 0 Å². The summed E-state index contributed by atoms with van der Waals surface area (Å²) >= 11 is 0. The Morgan fingerprint density at radius 2 is 1.79 bits per heavy atom. The second kappa shape index (κ2) is 12.1. The van der Waals surface area contributed by atoms with Crippen molar-refractivity contribution < 1.29 is 23.8 Å². The van der Waals surface area contributed by atoms with Gasteiger partial charge in [-0.1, -0.05) is 6.92 Å². The van der Waals surface area contributed by atoms with Crippen LogP contribution in [0.15, 0.2) is 0 Å². The zero-order chi connectivity index (χ0) is 18.6. The van der Waals surface area contributed by atoms with Crippen LogP contribution in [-0.2, 0) is 19.0 Å². The Balaban J connectivity index is 4.17. The molecule has 0 saturated heterocycles. The first-order valence-electron chi connectivity index (χ1n) is 8.66. The minimum Gasteiger partial charge on any atom is -0.444 e. The molecule has 0 aliphatic heterocycles. The average molecular weight is 346 g/mol. The molecule has 7 heteroatoms. The minimum atomic E-state index is -0.549. The number of ether oxygens (including phenoxy) is 3. The summed E-state index contributed by atoms with van der Waals surface area (Å²) < 4.78 is 15.9. The summed E-state index contributed by atoms with van der Waals surface area (Å²) in [6.45, 7) is 13.9. The number of hydrogen-bond acceptors (Lipinski definition) is 5. The Bertz CT molecular complexity index is 368. The molecule has 0 unspecified atom stereocenters. The maximum atomic E-state index is 12.1. The molecule has 0 bridgehead atoms. The van der Waals surface area contributed by atoms with Crippen molar-refractivity contribution in [2.45, 2.75) is 59.7 Å². The van der Waals surface area contributed by atoms with Crippen molar-refractivity contribution in [3.05, 3.63) is 0 Å². The van der Waals surface area contributed by atoms with Crippen molar-refractivity contribution in [1.82, 2.24) is 10.2 Å². The summed E-state index contributed by atoms with van der Waals surface area (Å²) in [7, 11) is 0. The van der Waals surface area contributed by atoms with E-state index >= 15 is 0 Å². The Morgan fingerprint density at radius 1 is 1.12 bits per heavy atom. The average Bonchev–Trinajstić information content (AvgIpc) is 2.48. The summed E-state index contributed by atoms with van der Waals surface area (Å²) in [5.41, 5.74) is -0.533. The monoisotopic (exact) mass is 346 g/mol. The molecule has 24 heavy (non-hydrogen) atoms. The number of carbonyl (C=O) groups is 2. The number of rotatable bonds is 11. The van der Waals surface area contributed by atoms with Crippen LogP contribution in [0, 0.1) is 0 Å². The zero-order valence-electron chi connectivity index (χ0n) is 16.0. The highest BCUT2D eigenvalue weighted by atomic mass is 16.6. The van der Waals surface area contributed by atoms with E-state index in [9.17, 15) is 9.59 Å². The Labute approximate surface area is 146 Å². The third-order valence-electron chi connectivity index (χ3n) is 3.00. The number of nitrogens with one attached hydrogen (secondary N) is 1. The first-order valence-corrected chi connectivity index (χ1v) is 8.66. The molecule has 0 aromatic heterocycles. The standard InChI is InChI=1S/C17H34N2O5/c1-7-10-19(16(21)24-17(4,5)6)11-9-18-15(20)14(3)23-13-12-22-8-2/h14H,7-13H2,1-6H3,(H,18,20)/t14-/m1/s1. The van der Waals surface area contributed by atoms with Crippen LogP contribution in [0.4, 0.5) is 4.79 Å². The maximum absolute atomic E-state index is 12.1. The number of amides is 2. The van der Waals surface area contributed by atoms with Gasteiger partial charge in [-0.2, -0.15) is 0 Å². The first kappa shape index (κ1) is 22.7. The van der Waals surface area contributed by atoms with E-state index < -0.39 is 11.7 Å². The molecule has 1 N–H and O–H groups in total. The van der Waals surface area contributed by atoms with Gasteiger partial charge in [0.1, 0.15) is 11.7 Å². The van der Waals surface area contributed by atoms with Gasteiger partial charge >= 0.3 is 6.09 Å². The van der Waals surface area contributed by atoms with Crippen LogP contribution in [0.2, 0.25) is 0 Å². The second-order valence-electron chi connectivity index (χ2n) is 6.47. The van der Waals surface area contributed by atoms with E-state index in [1.165, 1.54) is 0 Å². The van der Waals surface area contributed by atoms with Crippen LogP contribution in [-0.4, -0.2) is 68.1 Å². The third kappa shape index (κ3) is 11.2. The molecule has 0 heterocycles. The molecule has 0 aliphatic rings. The lowest BCUT2D eigenvalue weighted by Crippen LogP contribution is -2.43. The summed E-state index contributed by atoms with van der Waals surface area (Å²) in [6.07, 6.45) is -0.0874. The van der Waals surface area contributed by atoms with Crippen molar-refractivity contribution in [2.24, 2.45) is 0 Å². The fraction of sp³-hybridized carbons (Fsp3) is 0.882. The molecule has 0 rings (SSSR count). The smallest absolute Gasteiger partial charge is 0.410 e. The molecule has 0 aromatic rings. The zero-order valence-corrected chi connectivity index (χ0v) is 16.0. The van der Waals surface area contributed by atoms with E-state index in [1.54, 1.807) is 11.8 Å². The second-order valence-corrected chi connectivity index (χ2v) is 6.47. The summed E-state index contributed by atoms with van der Waals surface area (Å²) in [4.78, 5) is 25.7. The lowest BCUT2D eigenvalue weighted by Gasteiger charge is -2.27. The van der Waals surface area contributed by atoms with Gasteiger partial charge < -0.3 is 24.4 Å². The van der Waals surface area contributed by atoms with E-state index in [4.69, 9.17) is 14.2 Å². The van der Waals surface area contributed by atoms with Gasteiger partial charge in [0.15, 0.2) is 0 Å². The lowest BCUT2D eigenvalue weighted by molar-refractivity contribution is -0.132. The third-order valence-corrected chi connectivity index (χ3v) is 3.00. The van der Waals surface area contributed by atoms with Crippen molar-refractivity contribution in [2.75, 3.05) is 39.5 Å². The van der Waals surface area contributed by atoms with Crippen molar-refractivity contribution in [3.63, 3.8) is 0 Å². The topological polar surface area (TPSA) is 77.1 Å². The highest BCUT2D eigenvalue weighted by molar-refractivity contribution is 5.80. The summed E-state index contributed by atoms with van der Waals surface area (Å²) in [5.74, 6) is -0.202. The van der Waals surface area contributed by atoms with E-state index in [0.717, 1.165) is 6.42 Å². The predicted molar refractivity (Wildman–Crippen MR) is 93.0 cm³/mol. The van der Waals surface area contributed by atoms with Gasteiger partial charge in [0.05, 0.1) is 13.2 Å². The van der Waals surface area contributed by atoms with Gasteiger partial charge in [0, 0.05) is 26.2 Å². The molecule has 0 radical (unpaired) electrons. The Morgan fingerprint density at radius 3 is 2.33 bits per heavy atom. The quantitative estimate of drug-likeness (QED) is 0.580. The van der Waals surface area contributed by atoms with Gasteiger partial charge in [-0.25, -0.2) is 4.79 Å². The van der Waals surface area contributed by atoms with Gasteiger partial charge in [-0.3, -0.25) is 4.79 Å². The Kier molecular flexibility index (Phi) is 11.4. The Hall–Kier alpha value is -1.34. The van der Waals surface area contributed by atoms with Crippen LogP contribution < -0.4 is 5.32 Å². The molecule has 142 valence electrons. The molecular weight excluding hydrogens is 312 g/mol. The van der Waals surface area contributed by atoms with Gasteiger partial charge in [-0.05, 0) is 41.0 Å². The minimum absolute atomic E-state index is 0.202.